The summed E-state index contributed by atoms with van der Waals surface area (Å²) in [5.41, 5.74) is 0.940. The summed E-state index contributed by atoms with van der Waals surface area (Å²) in [6.07, 6.45) is 1.01. The molecule has 0 radical (unpaired) electrons. The average Bonchev–Trinajstić information content (AvgIpc) is 2.38. The number of hydrogen-bond acceptors (Lipinski definition) is 5. The summed E-state index contributed by atoms with van der Waals surface area (Å²) < 4.78 is 5.18. The number of hydrogen-bond donors (Lipinski definition) is 3. The third-order valence-corrected chi connectivity index (χ3v) is 3.04. The van der Waals surface area contributed by atoms with Crippen LogP contribution in [0.2, 0.25) is 0 Å². The van der Waals surface area contributed by atoms with Gasteiger partial charge in [-0.3, -0.25) is 4.79 Å². The highest BCUT2D eigenvalue weighted by Crippen LogP contribution is 2.42. The van der Waals surface area contributed by atoms with E-state index in [4.69, 9.17) is 4.74 Å². The van der Waals surface area contributed by atoms with Crippen molar-refractivity contribution in [2.24, 2.45) is 0 Å². The van der Waals surface area contributed by atoms with Crippen molar-refractivity contribution in [3.05, 3.63) is 16.7 Å². The van der Waals surface area contributed by atoms with Crippen LogP contribution in [0.3, 0.4) is 0 Å². The van der Waals surface area contributed by atoms with Crippen LogP contribution in [-0.2, 0) is 6.54 Å². The fraction of sp³-hybridized carbons (Fsp3) is 0.500. The minimum atomic E-state index is -0.201. The van der Waals surface area contributed by atoms with Crippen LogP contribution < -0.4 is 10.1 Å². The molecule has 0 atom stereocenters. The van der Waals surface area contributed by atoms with E-state index >= 15 is 0 Å². The van der Waals surface area contributed by atoms with Gasteiger partial charge in [-0.2, -0.15) is 0 Å². The fourth-order valence-corrected chi connectivity index (χ4v) is 2.10. The normalized spacial score (nSPS) is 10.5. The number of carbonyl (C=O) groups is 1. The Morgan fingerprint density at radius 1 is 1.32 bits per heavy atom. The summed E-state index contributed by atoms with van der Waals surface area (Å²) in [7, 11) is 3.12. The van der Waals surface area contributed by atoms with Crippen molar-refractivity contribution in [1.82, 2.24) is 5.32 Å². The first kappa shape index (κ1) is 15.3. The van der Waals surface area contributed by atoms with Gasteiger partial charge >= 0.3 is 0 Å². The molecule has 0 aliphatic heterocycles. The summed E-state index contributed by atoms with van der Waals surface area (Å²) in [5, 5.41) is 23.2. The molecule has 0 aliphatic rings. The number of benzene rings is 1. The SMILES string of the molecule is CCCC(=O)c1c(O)c(CNC)c(O)c(C)c1OC. The number of aromatic hydroxyl groups is 2. The number of phenolic OH excluding ortho intramolecular Hbond substituents is 2. The van der Waals surface area contributed by atoms with Crippen LogP contribution in [0, 0.1) is 6.92 Å². The minimum Gasteiger partial charge on any atom is -0.507 e. The number of nitrogens with one attached hydrogen (secondary N) is 1. The summed E-state index contributed by atoms with van der Waals surface area (Å²) in [6, 6.07) is 0. The number of rotatable bonds is 6. The van der Waals surface area contributed by atoms with E-state index < -0.39 is 0 Å². The van der Waals surface area contributed by atoms with Gasteiger partial charge in [-0.1, -0.05) is 6.92 Å². The number of ether oxygens (including phenoxy) is 1. The van der Waals surface area contributed by atoms with Gasteiger partial charge in [0, 0.05) is 18.5 Å². The highest BCUT2D eigenvalue weighted by molar-refractivity contribution is 6.02. The van der Waals surface area contributed by atoms with Gasteiger partial charge < -0.3 is 20.3 Å². The molecule has 1 aromatic rings. The molecule has 5 heteroatoms. The second-order valence-corrected chi connectivity index (χ2v) is 4.41. The highest BCUT2D eigenvalue weighted by atomic mass is 16.5. The van der Waals surface area contributed by atoms with Crippen LogP contribution in [0.25, 0.3) is 0 Å². The first-order valence-electron chi connectivity index (χ1n) is 6.28. The lowest BCUT2D eigenvalue weighted by molar-refractivity contribution is 0.0975. The lowest BCUT2D eigenvalue weighted by atomic mass is 9.96. The van der Waals surface area contributed by atoms with Crippen LogP contribution in [0.5, 0.6) is 17.2 Å². The standard InChI is InChI=1S/C14H21NO4/c1-5-6-10(16)11-13(18)9(7-15-3)12(17)8(2)14(11)19-4/h15,17-18H,5-7H2,1-4H3. The molecule has 0 aliphatic carbocycles. The Balaban J connectivity index is 3.54. The average molecular weight is 267 g/mol. The molecular formula is C14H21NO4. The third kappa shape index (κ3) is 2.81. The van der Waals surface area contributed by atoms with Crippen molar-refractivity contribution in [3.63, 3.8) is 0 Å². The van der Waals surface area contributed by atoms with E-state index in [-0.39, 0.29) is 35.1 Å². The largest absolute Gasteiger partial charge is 0.507 e. The topological polar surface area (TPSA) is 78.8 Å². The zero-order chi connectivity index (χ0) is 14.6. The van der Waals surface area contributed by atoms with Crippen molar-refractivity contribution >= 4 is 5.78 Å². The number of ketones is 1. The lowest BCUT2D eigenvalue weighted by Crippen LogP contribution is -2.11. The van der Waals surface area contributed by atoms with E-state index in [2.05, 4.69) is 5.32 Å². The monoisotopic (exact) mass is 267 g/mol. The van der Waals surface area contributed by atoms with Crippen molar-refractivity contribution < 1.29 is 19.7 Å². The Bertz CT molecular complexity index is 483. The van der Waals surface area contributed by atoms with Crippen LogP contribution in [0.1, 0.15) is 41.3 Å². The number of methoxy groups -OCH3 is 1. The van der Waals surface area contributed by atoms with Gasteiger partial charge in [0.15, 0.2) is 5.78 Å². The number of carbonyl (C=O) groups excluding carboxylic acids is 1. The molecule has 0 fully saturated rings. The zero-order valence-electron chi connectivity index (χ0n) is 11.8. The molecule has 0 saturated carbocycles. The predicted octanol–water partition coefficient (Wildman–Crippen LogP) is 2.12. The van der Waals surface area contributed by atoms with Crippen LogP contribution in [0.15, 0.2) is 0 Å². The van der Waals surface area contributed by atoms with Gasteiger partial charge in [-0.05, 0) is 20.4 Å². The van der Waals surface area contributed by atoms with E-state index in [1.807, 2.05) is 6.92 Å². The first-order valence-corrected chi connectivity index (χ1v) is 6.28. The zero-order valence-corrected chi connectivity index (χ0v) is 11.8. The fourth-order valence-electron chi connectivity index (χ4n) is 2.10. The number of phenols is 2. The van der Waals surface area contributed by atoms with Crippen molar-refractivity contribution in [1.29, 1.82) is 0 Å². The van der Waals surface area contributed by atoms with Crippen molar-refractivity contribution in [2.45, 2.75) is 33.2 Å². The molecule has 0 unspecified atom stereocenters. The quantitative estimate of drug-likeness (QED) is 0.688. The van der Waals surface area contributed by atoms with E-state index in [0.29, 0.717) is 24.0 Å². The second kappa shape index (κ2) is 6.43. The van der Waals surface area contributed by atoms with Gasteiger partial charge in [-0.15, -0.1) is 0 Å². The molecule has 3 N–H and O–H groups in total. The Hall–Kier alpha value is -1.75. The molecule has 0 saturated heterocycles. The maximum atomic E-state index is 12.1. The van der Waals surface area contributed by atoms with E-state index in [1.165, 1.54) is 7.11 Å². The van der Waals surface area contributed by atoms with Crippen molar-refractivity contribution in [3.8, 4) is 17.2 Å². The molecular weight excluding hydrogens is 246 g/mol. The number of Topliss-reactive ketones (excluding diaryl/α,β-unsaturated/α-hetero) is 1. The molecule has 0 heterocycles. The summed E-state index contributed by atoms with van der Waals surface area (Å²) in [5.74, 6) is -0.185. The van der Waals surface area contributed by atoms with E-state index in [9.17, 15) is 15.0 Å². The molecule has 1 aromatic carbocycles. The van der Waals surface area contributed by atoms with E-state index in [1.54, 1.807) is 14.0 Å². The Morgan fingerprint density at radius 3 is 2.42 bits per heavy atom. The van der Waals surface area contributed by atoms with E-state index in [0.717, 1.165) is 0 Å². The molecule has 106 valence electrons. The molecule has 0 spiro atoms. The van der Waals surface area contributed by atoms with Crippen LogP contribution >= 0.6 is 0 Å². The van der Waals surface area contributed by atoms with Gasteiger partial charge in [-0.25, -0.2) is 0 Å². The van der Waals surface area contributed by atoms with Gasteiger partial charge in [0.25, 0.3) is 0 Å². The summed E-state index contributed by atoms with van der Waals surface area (Å²) >= 11 is 0. The molecule has 0 amide bonds. The predicted molar refractivity (Wildman–Crippen MR) is 73.1 cm³/mol. The van der Waals surface area contributed by atoms with Crippen LogP contribution in [0.4, 0.5) is 0 Å². The Morgan fingerprint density at radius 2 is 1.95 bits per heavy atom. The minimum absolute atomic E-state index is 0.0447. The van der Waals surface area contributed by atoms with Gasteiger partial charge in [0.1, 0.15) is 22.8 Å². The van der Waals surface area contributed by atoms with Gasteiger partial charge in [0.2, 0.25) is 0 Å². The lowest BCUT2D eigenvalue weighted by Gasteiger charge is -2.18. The van der Waals surface area contributed by atoms with Crippen LogP contribution in [-0.4, -0.2) is 30.2 Å². The smallest absolute Gasteiger partial charge is 0.170 e. The second-order valence-electron chi connectivity index (χ2n) is 4.41. The molecule has 5 nitrogen and oxygen atoms in total. The molecule has 1 rings (SSSR count). The maximum Gasteiger partial charge on any atom is 0.170 e. The third-order valence-electron chi connectivity index (χ3n) is 3.04. The molecule has 19 heavy (non-hydrogen) atoms. The molecule has 0 aromatic heterocycles. The van der Waals surface area contributed by atoms with Crippen molar-refractivity contribution in [2.75, 3.05) is 14.2 Å². The van der Waals surface area contributed by atoms with Gasteiger partial charge in [0.05, 0.1) is 12.7 Å². The Labute approximate surface area is 113 Å². The Kier molecular flexibility index (Phi) is 5.18. The molecule has 0 bridgehead atoms. The highest BCUT2D eigenvalue weighted by Gasteiger charge is 2.25. The first-order chi connectivity index (χ1) is 8.99. The maximum absolute atomic E-state index is 12.1. The summed E-state index contributed by atoms with van der Waals surface area (Å²) in [4.78, 5) is 12.1. The summed E-state index contributed by atoms with van der Waals surface area (Å²) in [6.45, 7) is 3.83.